The Balaban J connectivity index is 2.09. The first kappa shape index (κ1) is 15.1. The summed E-state index contributed by atoms with van der Waals surface area (Å²) in [5, 5.41) is 3.34. The van der Waals surface area contributed by atoms with Crippen LogP contribution in [-0.4, -0.2) is 23.5 Å². The molecule has 2 aromatic rings. The third kappa shape index (κ3) is 3.62. The van der Waals surface area contributed by atoms with E-state index in [1.165, 1.54) is 6.26 Å². The lowest BCUT2D eigenvalue weighted by Crippen LogP contribution is -2.42. The average Bonchev–Trinajstić information content (AvgIpc) is 2.80. The minimum absolute atomic E-state index is 0.363. The van der Waals surface area contributed by atoms with Crippen LogP contribution in [0.25, 0.3) is 11.0 Å². The number of carbonyl (C=O) groups is 2. The van der Waals surface area contributed by atoms with E-state index in [9.17, 15) is 9.59 Å². The Hall–Kier alpha value is -2.30. The number of amides is 1. The molecule has 0 spiro atoms. The molecule has 2 rings (SSSR count). The Morgan fingerprint density at radius 3 is 2.57 bits per heavy atom. The molecule has 0 radical (unpaired) electrons. The van der Waals surface area contributed by atoms with Gasteiger partial charge in [-0.15, -0.1) is 0 Å². The summed E-state index contributed by atoms with van der Waals surface area (Å²) in [6.45, 7) is 6.93. The first-order valence-corrected chi connectivity index (χ1v) is 6.78. The normalized spacial score (nSPS) is 13.0. The van der Waals surface area contributed by atoms with E-state index in [-0.39, 0.29) is 5.91 Å². The Labute approximate surface area is 123 Å². The first-order chi connectivity index (χ1) is 9.78. The van der Waals surface area contributed by atoms with Gasteiger partial charge in [0.1, 0.15) is 23.5 Å². The molecule has 5 nitrogen and oxygen atoms in total. The Morgan fingerprint density at radius 1 is 1.24 bits per heavy atom. The van der Waals surface area contributed by atoms with E-state index in [4.69, 9.17) is 9.15 Å². The van der Waals surface area contributed by atoms with Crippen molar-refractivity contribution in [2.24, 2.45) is 0 Å². The maximum atomic E-state index is 12.2. The second-order valence-electron chi connectivity index (χ2n) is 5.87. The van der Waals surface area contributed by atoms with Gasteiger partial charge < -0.3 is 14.5 Å². The van der Waals surface area contributed by atoms with E-state index in [1.807, 2.05) is 12.1 Å². The predicted octanol–water partition coefficient (Wildman–Crippen LogP) is 2.89. The molecule has 21 heavy (non-hydrogen) atoms. The minimum Gasteiger partial charge on any atom is -0.463 e. The molecule has 1 atom stereocenters. The molecule has 0 aliphatic heterocycles. The lowest BCUT2D eigenvalue weighted by molar-refractivity contribution is -0.156. The molecular formula is C16H19NO4. The fourth-order valence-electron chi connectivity index (χ4n) is 1.88. The zero-order valence-corrected chi connectivity index (χ0v) is 12.6. The molecule has 1 aromatic carbocycles. The SMILES string of the molecule is C[C@H](NC(=O)c1coc2ccccc12)C(=O)OC(C)(C)C. The molecular weight excluding hydrogens is 270 g/mol. The van der Waals surface area contributed by atoms with E-state index in [1.54, 1.807) is 39.8 Å². The van der Waals surface area contributed by atoms with Crippen LogP contribution < -0.4 is 5.32 Å². The van der Waals surface area contributed by atoms with E-state index in [2.05, 4.69) is 5.32 Å². The standard InChI is InChI=1S/C16H19NO4/c1-10(15(19)21-16(2,3)4)17-14(18)12-9-20-13-8-6-5-7-11(12)13/h5-10H,1-4H3,(H,17,18)/t10-/m0/s1. The van der Waals surface area contributed by atoms with Crippen LogP contribution in [-0.2, 0) is 9.53 Å². The molecule has 0 saturated carbocycles. The summed E-state index contributed by atoms with van der Waals surface area (Å²) in [6.07, 6.45) is 1.39. The Bertz CT molecular complexity index is 666. The highest BCUT2D eigenvalue weighted by molar-refractivity contribution is 6.06. The average molecular weight is 289 g/mol. The maximum Gasteiger partial charge on any atom is 0.328 e. The van der Waals surface area contributed by atoms with Gasteiger partial charge in [0.05, 0.1) is 5.56 Å². The lowest BCUT2D eigenvalue weighted by atomic mass is 10.1. The molecule has 0 aliphatic rings. The summed E-state index contributed by atoms with van der Waals surface area (Å²) < 4.78 is 10.5. The van der Waals surface area contributed by atoms with E-state index >= 15 is 0 Å². The monoisotopic (exact) mass is 289 g/mol. The third-order valence-corrected chi connectivity index (χ3v) is 2.83. The zero-order valence-electron chi connectivity index (χ0n) is 12.6. The Kier molecular flexibility index (Phi) is 4.02. The van der Waals surface area contributed by atoms with Gasteiger partial charge >= 0.3 is 5.97 Å². The molecule has 1 amide bonds. The van der Waals surface area contributed by atoms with Crippen LogP contribution in [0.1, 0.15) is 38.1 Å². The van der Waals surface area contributed by atoms with Crippen molar-refractivity contribution in [1.29, 1.82) is 0 Å². The van der Waals surface area contributed by atoms with Crippen LogP contribution in [0.3, 0.4) is 0 Å². The van der Waals surface area contributed by atoms with Crippen molar-refractivity contribution in [2.45, 2.75) is 39.3 Å². The van der Waals surface area contributed by atoms with Gasteiger partial charge in [-0.3, -0.25) is 4.79 Å². The number of hydrogen-bond acceptors (Lipinski definition) is 4. The predicted molar refractivity (Wildman–Crippen MR) is 79.0 cm³/mol. The van der Waals surface area contributed by atoms with Crippen LogP contribution in [0.4, 0.5) is 0 Å². The van der Waals surface area contributed by atoms with Crippen LogP contribution in [0.5, 0.6) is 0 Å². The highest BCUT2D eigenvalue weighted by Gasteiger charge is 2.24. The fourth-order valence-corrected chi connectivity index (χ4v) is 1.88. The summed E-state index contributed by atoms with van der Waals surface area (Å²) in [4.78, 5) is 24.1. The van der Waals surface area contributed by atoms with Crippen LogP contribution in [0.2, 0.25) is 0 Å². The number of rotatable bonds is 3. The van der Waals surface area contributed by atoms with Gasteiger partial charge in [0, 0.05) is 5.39 Å². The molecule has 1 aromatic heterocycles. The van der Waals surface area contributed by atoms with Crippen molar-refractivity contribution in [1.82, 2.24) is 5.32 Å². The molecule has 0 saturated heterocycles. The van der Waals surface area contributed by atoms with Crippen molar-refractivity contribution in [3.05, 3.63) is 36.1 Å². The molecule has 0 bridgehead atoms. The van der Waals surface area contributed by atoms with Crippen molar-refractivity contribution < 1.29 is 18.7 Å². The summed E-state index contributed by atoms with van der Waals surface area (Å²) in [5.74, 6) is -0.832. The Morgan fingerprint density at radius 2 is 1.90 bits per heavy atom. The van der Waals surface area contributed by atoms with Crippen LogP contribution >= 0.6 is 0 Å². The van der Waals surface area contributed by atoms with Gasteiger partial charge in [-0.05, 0) is 33.8 Å². The van der Waals surface area contributed by atoms with Gasteiger partial charge in [0.25, 0.3) is 5.91 Å². The van der Waals surface area contributed by atoms with Crippen molar-refractivity contribution in [3.63, 3.8) is 0 Å². The molecule has 1 N–H and O–H groups in total. The molecule has 1 heterocycles. The summed E-state index contributed by atoms with van der Waals surface area (Å²) in [6, 6.07) is 6.50. The maximum absolute atomic E-state index is 12.2. The summed E-state index contributed by atoms with van der Waals surface area (Å²) in [5.41, 5.74) is 0.451. The van der Waals surface area contributed by atoms with Crippen molar-refractivity contribution in [3.8, 4) is 0 Å². The summed E-state index contributed by atoms with van der Waals surface area (Å²) in [7, 11) is 0. The van der Waals surface area contributed by atoms with E-state index in [0.717, 1.165) is 0 Å². The lowest BCUT2D eigenvalue weighted by Gasteiger charge is -2.22. The number of hydrogen-bond donors (Lipinski definition) is 1. The van der Waals surface area contributed by atoms with Gasteiger partial charge in [-0.25, -0.2) is 4.79 Å². The number of fused-ring (bicyclic) bond motifs is 1. The van der Waals surface area contributed by atoms with E-state index < -0.39 is 17.6 Å². The second-order valence-corrected chi connectivity index (χ2v) is 5.87. The quantitative estimate of drug-likeness (QED) is 0.882. The number of benzene rings is 1. The largest absolute Gasteiger partial charge is 0.463 e. The molecule has 5 heteroatoms. The molecule has 112 valence electrons. The molecule has 0 unspecified atom stereocenters. The van der Waals surface area contributed by atoms with E-state index in [0.29, 0.717) is 16.5 Å². The van der Waals surface area contributed by atoms with Crippen molar-refractivity contribution >= 4 is 22.8 Å². The van der Waals surface area contributed by atoms with Gasteiger partial charge in [-0.2, -0.15) is 0 Å². The number of furan rings is 1. The second kappa shape index (κ2) is 5.60. The van der Waals surface area contributed by atoms with Gasteiger partial charge in [-0.1, -0.05) is 18.2 Å². The van der Waals surface area contributed by atoms with Gasteiger partial charge in [0.15, 0.2) is 0 Å². The van der Waals surface area contributed by atoms with Crippen LogP contribution in [0, 0.1) is 0 Å². The number of ether oxygens (including phenoxy) is 1. The first-order valence-electron chi connectivity index (χ1n) is 6.78. The van der Waals surface area contributed by atoms with Gasteiger partial charge in [0.2, 0.25) is 0 Å². The number of nitrogens with one attached hydrogen (secondary N) is 1. The smallest absolute Gasteiger partial charge is 0.328 e. The van der Waals surface area contributed by atoms with Crippen LogP contribution in [0.15, 0.2) is 34.9 Å². The highest BCUT2D eigenvalue weighted by atomic mass is 16.6. The number of esters is 1. The third-order valence-electron chi connectivity index (χ3n) is 2.83. The zero-order chi connectivity index (χ0) is 15.6. The number of carbonyl (C=O) groups excluding carboxylic acids is 2. The highest BCUT2D eigenvalue weighted by Crippen LogP contribution is 2.20. The molecule has 0 aliphatic carbocycles. The summed E-state index contributed by atoms with van der Waals surface area (Å²) >= 11 is 0. The molecule has 0 fully saturated rings. The minimum atomic E-state index is -0.731. The fraction of sp³-hybridized carbons (Fsp3) is 0.375. The number of para-hydroxylation sites is 1. The van der Waals surface area contributed by atoms with Crippen molar-refractivity contribution in [2.75, 3.05) is 0 Å². The topological polar surface area (TPSA) is 68.5 Å².